The molecule has 0 heterocycles. The summed E-state index contributed by atoms with van der Waals surface area (Å²) in [4.78, 5) is 17.3. The van der Waals surface area contributed by atoms with Crippen LogP contribution >= 0.6 is 24.0 Å². The molecule has 1 rings (SSSR count). The minimum atomic E-state index is -4.52. The number of nitrogens with zero attached hydrogens (tertiary/aromatic N) is 2. The van der Waals surface area contributed by atoms with Crippen LogP contribution < -0.4 is 15.4 Å². The van der Waals surface area contributed by atoms with Crippen LogP contribution in [0, 0.1) is 0 Å². The maximum Gasteiger partial charge on any atom is 0.416 e. The SMILES string of the molecule is CCNC(=NCc1ccc(OC(C)(C)C)cc1C(F)(F)F)NCCC(=O)N(C)C.I. The predicted octanol–water partition coefficient (Wildman–Crippen LogP) is 4.03. The average Bonchev–Trinajstić information content (AvgIpc) is 2.57. The molecular formula is C20H32F3IN4O2. The van der Waals surface area contributed by atoms with Gasteiger partial charge < -0.3 is 20.3 Å². The van der Waals surface area contributed by atoms with Crippen LogP contribution in [-0.2, 0) is 17.5 Å². The second-order valence-electron chi connectivity index (χ2n) is 7.69. The third-order valence-electron chi connectivity index (χ3n) is 3.69. The Kier molecular flexibility index (Phi) is 11.5. The highest BCUT2D eigenvalue weighted by atomic mass is 127. The fourth-order valence-electron chi connectivity index (χ4n) is 2.39. The molecule has 0 aliphatic heterocycles. The first-order chi connectivity index (χ1) is 13.3. The van der Waals surface area contributed by atoms with Crippen molar-refractivity contribution in [2.45, 2.75) is 52.4 Å². The topological polar surface area (TPSA) is 66.0 Å². The van der Waals surface area contributed by atoms with Crippen molar-refractivity contribution < 1.29 is 22.7 Å². The summed E-state index contributed by atoms with van der Waals surface area (Å²) < 4.78 is 46.1. The summed E-state index contributed by atoms with van der Waals surface area (Å²) in [6.07, 6.45) is -4.27. The van der Waals surface area contributed by atoms with E-state index >= 15 is 0 Å². The van der Waals surface area contributed by atoms with Gasteiger partial charge in [0.1, 0.15) is 11.4 Å². The number of rotatable bonds is 7. The highest BCUT2D eigenvalue weighted by Gasteiger charge is 2.34. The number of carbonyl (C=O) groups excluding carboxylic acids is 1. The molecule has 0 aliphatic carbocycles. The van der Waals surface area contributed by atoms with Crippen LogP contribution in [0.15, 0.2) is 23.2 Å². The van der Waals surface area contributed by atoms with Crippen LogP contribution in [0.3, 0.4) is 0 Å². The summed E-state index contributed by atoms with van der Waals surface area (Å²) in [6, 6.07) is 3.90. The molecule has 0 saturated heterocycles. The van der Waals surface area contributed by atoms with Gasteiger partial charge in [-0.15, -0.1) is 24.0 Å². The molecular weight excluding hydrogens is 512 g/mol. The van der Waals surface area contributed by atoms with Crippen molar-refractivity contribution in [3.05, 3.63) is 29.3 Å². The Balaban J connectivity index is 0.00000841. The molecule has 0 fully saturated rings. The van der Waals surface area contributed by atoms with E-state index < -0.39 is 17.3 Å². The summed E-state index contributed by atoms with van der Waals surface area (Å²) in [6.45, 7) is 7.87. The predicted molar refractivity (Wildman–Crippen MR) is 123 cm³/mol. The summed E-state index contributed by atoms with van der Waals surface area (Å²) in [5.74, 6) is 0.453. The normalized spacial score (nSPS) is 12.1. The van der Waals surface area contributed by atoms with Crippen LogP contribution in [0.25, 0.3) is 0 Å². The maximum absolute atomic E-state index is 13.5. The number of hydrogen-bond donors (Lipinski definition) is 2. The number of benzene rings is 1. The Morgan fingerprint density at radius 3 is 2.30 bits per heavy atom. The number of nitrogens with one attached hydrogen (secondary N) is 2. The number of aliphatic imine (C=N–C) groups is 1. The molecule has 1 aromatic rings. The van der Waals surface area contributed by atoms with Crippen molar-refractivity contribution in [3.63, 3.8) is 0 Å². The molecule has 0 aliphatic rings. The van der Waals surface area contributed by atoms with Gasteiger partial charge in [-0.2, -0.15) is 13.2 Å². The van der Waals surface area contributed by atoms with E-state index in [1.165, 1.54) is 17.0 Å². The number of halogens is 4. The summed E-state index contributed by atoms with van der Waals surface area (Å²) in [7, 11) is 3.32. The molecule has 172 valence electrons. The molecule has 10 heteroatoms. The Morgan fingerprint density at radius 1 is 1.17 bits per heavy atom. The number of amides is 1. The van der Waals surface area contributed by atoms with Crippen molar-refractivity contribution in [1.82, 2.24) is 15.5 Å². The van der Waals surface area contributed by atoms with Gasteiger partial charge in [-0.1, -0.05) is 6.07 Å². The maximum atomic E-state index is 13.5. The molecule has 6 nitrogen and oxygen atoms in total. The smallest absolute Gasteiger partial charge is 0.416 e. The van der Waals surface area contributed by atoms with Gasteiger partial charge in [0.05, 0.1) is 12.1 Å². The van der Waals surface area contributed by atoms with E-state index in [0.717, 1.165) is 6.07 Å². The number of hydrogen-bond acceptors (Lipinski definition) is 3. The standard InChI is InChI=1S/C20H31F3N4O2.HI/c1-7-24-18(25-11-10-17(28)27(5)6)26-13-14-8-9-15(29-19(2,3)4)12-16(14)20(21,22)23;/h8-9,12H,7,10-11,13H2,1-6H3,(H2,24,25,26);1H. The minimum absolute atomic E-state index is 0. The largest absolute Gasteiger partial charge is 0.488 e. The van der Waals surface area contributed by atoms with Crippen molar-refractivity contribution in [2.75, 3.05) is 27.2 Å². The van der Waals surface area contributed by atoms with E-state index in [0.29, 0.717) is 19.0 Å². The molecule has 0 radical (unpaired) electrons. The molecule has 1 aromatic carbocycles. The van der Waals surface area contributed by atoms with Crippen molar-refractivity contribution in [3.8, 4) is 5.75 Å². The second kappa shape index (κ2) is 12.2. The lowest BCUT2D eigenvalue weighted by molar-refractivity contribution is -0.138. The molecule has 0 aromatic heterocycles. The molecule has 0 unspecified atom stereocenters. The minimum Gasteiger partial charge on any atom is -0.488 e. The number of carbonyl (C=O) groups is 1. The van der Waals surface area contributed by atoms with Gasteiger partial charge in [0.15, 0.2) is 5.96 Å². The number of alkyl halides is 3. The molecule has 0 spiro atoms. The second-order valence-corrected chi connectivity index (χ2v) is 7.69. The molecule has 0 saturated carbocycles. The molecule has 0 atom stereocenters. The highest BCUT2D eigenvalue weighted by molar-refractivity contribution is 14.0. The fourth-order valence-corrected chi connectivity index (χ4v) is 2.39. The van der Waals surface area contributed by atoms with Gasteiger partial charge in [0, 0.05) is 33.6 Å². The van der Waals surface area contributed by atoms with E-state index in [1.54, 1.807) is 34.9 Å². The van der Waals surface area contributed by atoms with Crippen LogP contribution in [0.4, 0.5) is 13.2 Å². The molecule has 30 heavy (non-hydrogen) atoms. The Morgan fingerprint density at radius 2 is 1.80 bits per heavy atom. The lowest BCUT2D eigenvalue weighted by atomic mass is 10.1. The Bertz CT molecular complexity index is 717. The zero-order chi connectivity index (χ0) is 22.2. The number of guanidine groups is 1. The lowest BCUT2D eigenvalue weighted by Crippen LogP contribution is -2.39. The summed E-state index contributed by atoms with van der Waals surface area (Å²) in [5, 5.41) is 5.93. The van der Waals surface area contributed by atoms with Gasteiger partial charge in [0.25, 0.3) is 0 Å². The van der Waals surface area contributed by atoms with Crippen LogP contribution in [0.2, 0.25) is 0 Å². The fraction of sp³-hybridized carbons (Fsp3) is 0.600. The van der Waals surface area contributed by atoms with Crippen molar-refractivity contribution in [1.29, 1.82) is 0 Å². The molecule has 1 amide bonds. The molecule has 0 bridgehead atoms. The van der Waals surface area contributed by atoms with Crippen LogP contribution in [0.1, 0.15) is 45.2 Å². The van der Waals surface area contributed by atoms with E-state index in [4.69, 9.17) is 4.74 Å². The zero-order valence-electron chi connectivity index (χ0n) is 18.3. The Hall–Kier alpha value is -1.72. The van der Waals surface area contributed by atoms with Crippen molar-refractivity contribution >= 4 is 35.8 Å². The van der Waals surface area contributed by atoms with Crippen LogP contribution in [0.5, 0.6) is 5.75 Å². The van der Waals surface area contributed by atoms with Gasteiger partial charge in [-0.3, -0.25) is 4.79 Å². The van der Waals surface area contributed by atoms with E-state index in [9.17, 15) is 18.0 Å². The van der Waals surface area contributed by atoms with E-state index in [2.05, 4.69) is 15.6 Å². The monoisotopic (exact) mass is 544 g/mol. The van der Waals surface area contributed by atoms with Gasteiger partial charge >= 0.3 is 6.18 Å². The quantitative estimate of drug-likeness (QED) is 0.309. The first-order valence-electron chi connectivity index (χ1n) is 9.45. The third kappa shape index (κ3) is 10.4. The third-order valence-corrected chi connectivity index (χ3v) is 3.69. The van der Waals surface area contributed by atoms with Gasteiger partial charge in [-0.05, 0) is 45.4 Å². The molecule has 2 N–H and O–H groups in total. The highest BCUT2D eigenvalue weighted by Crippen LogP contribution is 2.35. The van der Waals surface area contributed by atoms with Crippen molar-refractivity contribution in [2.24, 2.45) is 4.99 Å². The summed E-state index contributed by atoms with van der Waals surface area (Å²) in [5.41, 5.74) is -1.34. The summed E-state index contributed by atoms with van der Waals surface area (Å²) >= 11 is 0. The van der Waals surface area contributed by atoms with E-state index in [-0.39, 0.29) is 54.2 Å². The van der Waals surface area contributed by atoms with Gasteiger partial charge in [0.2, 0.25) is 5.91 Å². The van der Waals surface area contributed by atoms with Gasteiger partial charge in [-0.25, -0.2) is 4.99 Å². The first kappa shape index (κ1) is 28.3. The number of ether oxygens (including phenoxy) is 1. The zero-order valence-corrected chi connectivity index (χ0v) is 20.6. The lowest BCUT2D eigenvalue weighted by Gasteiger charge is -2.22. The average molecular weight is 544 g/mol. The van der Waals surface area contributed by atoms with Crippen LogP contribution in [-0.4, -0.2) is 49.6 Å². The Labute approximate surface area is 193 Å². The first-order valence-corrected chi connectivity index (χ1v) is 9.45. The van der Waals surface area contributed by atoms with E-state index in [1.807, 2.05) is 6.92 Å².